The summed E-state index contributed by atoms with van der Waals surface area (Å²) < 4.78 is 43.5. The van der Waals surface area contributed by atoms with Crippen LogP contribution in [0.25, 0.3) is 11.3 Å². The average Bonchev–Trinajstić information content (AvgIpc) is 3.07. The van der Waals surface area contributed by atoms with Gasteiger partial charge in [0.25, 0.3) is 0 Å². The van der Waals surface area contributed by atoms with E-state index in [1.807, 2.05) is 0 Å². The molecule has 3 aromatic rings. The van der Waals surface area contributed by atoms with Gasteiger partial charge < -0.3 is 9.52 Å². The van der Waals surface area contributed by atoms with Gasteiger partial charge in [0.05, 0.1) is 17.0 Å². The molecule has 2 aromatic heterocycles. The van der Waals surface area contributed by atoms with Gasteiger partial charge in [-0.2, -0.15) is 18.3 Å². The van der Waals surface area contributed by atoms with Crippen molar-refractivity contribution in [2.45, 2.75) is 20.0 Å². The number of benzene rings is 1. The van der Waals surface area contributed by atoms with Crippen LogP contribution in [0, 0.1) is 6.92 Å². The molecule has 0 unspecified atom stereocenters. The molecule has 0 amide bonds. The monoisotopic (exact) mass is 409 g/mol. The van der Waals surface area contributed by atoms with Crippen LogP contribution >= 0.6 is 11.3 Å². The van der Waals surface area contributed by atoms with Gasteiger partial charge >= 0.3 is 11.8 Å². The number of alkyl halides is 3. The van der Waals surface area contributed by atoms with Crippen molar-refractivity contribution in [1.29, 1.82) is 0 Å². The highest BCUT2D eigenvalue weighted by Crippen LogP contribution is 2.33. The number of nitrogens with zero attached hydrogens (tertiary/aromatic N) is 2. The lowest BCUT2D eigenvalue weighted by molar-refractivity contribution is -0.137. The minimum atomic E-state index is -4.44. The van der Waals surface area contributed by atoms with Gasteiger partial charge in [-0.05, 0) is 26.0 Å². The summed E-state index contributed by atoms with van der Waals surface area (Å²) in [6.45, 7) is 3.02. The second-order valence-corrected chi connectivity index (χ2v) is 6.69. The number of nitrogens with one attached hydrogen (secondary N) is 1. The fourth-order valence-electron chi connectivity index (χ4n) is 2.43. The van der Waals surface area contributed by atoms with Gasteiger partial charge in [-0.3, -0.25) is 5.43 Å². The lowest BCUT2D eigenvalue weighted by Crippen LogP contribution is -2.14. The molecule has 10 heteroatoms. The first-order valence-corrected chi connectivity index (χ1v) is 8.80. The number of halogens is 3. The predicted octanol–water partition coefficient (Wildman–Crippen LogP) is 4.63. The molecule has 0 saturated heterocycles. The second-order valence-electron chi connectivity index (χ2n) is 5.83. The van der Waals surface area contributed by atoms with E-state index in [9.17, 15) is 23.1 Å². The lowest BCUT2D eigenvalue weighted by atomic mass is 10.1. The summed E-state index contributed by atoms with van der Waals surface area (Å²) in [5, 5.41) is 15.8. The van der Waals surface area contributed by atoms with Crippen LogP contribution in [0.3, 0.4) is 0 Å². The third-order valence-corrected chi connectivity index (χ3v) is 4.47. The Morgan fingerprint density at radius 2 is 2.07 bits per heavy atom. The maximum absolute atomic E-state index is 12.8. The highest BCUT2D eigenvalue weighted by atomic mass is 32.1. The topological polar surface area (TPSA) is 87.7 Å². The molecule has 0 aliphatic heterocycles. The predicted molar refractivity (Wildman–Crippen MR) is 99.8 cm³/mol. The Bertz CT molecular complexity index is 1100. The molecular formula is C18H14F3N3O3S. The quantitative estimate of drug-likeness (QED) is 0.485. The Hall–Kier alpha value is -3.14. The molecule has 1 aromatic carbocycles. The zero-order valence-corrected chi connectivity index (χ0v) is 15.5. The summed E-state index contributed by atoms with van der Waals surface area (Å²) >= 11 is 1.13. The summed E-state index contributed by atoms with van der Waals surface area (Å²) in [7, 11) is 0. The fourth-order valence-corrected chi connectivity index (χ4v) is 3.09. The summed E-state index contributed by atoms with van der Waals surface area (Å²) in [4.78, 5) is 16.1. The van der Waals surface area contributed by atoms with Crippen LogP contribution in [0.5, 0.6) is 5.75 Å². The minimum Gasteiger partial charge on any atom is -0.507 e. The van der Waals surface area contributed by atoms with Crippen LogP contribution in [0.2, 0.25) is 0 Å². The number of rotatable bonds is 4. The van der Waals surface area contributed by atoms with Crippen molar-refractivity contribution in [1.82, 2.24) is 4.98 Å². The van der Waals surface area contributed by atoms with Crippen molar-refractivity contribution < 1.29 is 22.7 Å². The molecule has 0 spiro atoms. The fraction of sp³-hybridized carbons (Fsp3) is 0.167. The maximum atomic E-state index is 12.8. The normalized spacial score (nSPS) is 12.2. The standard InChI is InChI=1S/C18H14F3N3O3S/c1-9-6-14(25)15(16(26)27-9)10(2)23-24-17-22-13(8-28-17)11-4-3-5-12(7-11)18(19,20)21/h3-8,25H,1-2H3,(H,22,24)/b23-10+. The van der Waals surface area contributed by atoms with Crippen molar-refractivity contribution in [3.63, 3.8) is 0 Å². The molecule has 0 bridgehead atoms. The van der Waals surface area contributed by atoms with E-state index in [-0.39, 0.29) is 22.8 Å². The van der Waals surface area contributed by atoms with Gasteiger partial charge in [0, 0.05) is 17.0 Å². The average molecular weight is 409 g/mol. The van der Waals surface area contributed by atoms with Crippen LogP contribution in [0.15, 0.2) is 50.0 Å². The Balaban J connectivity index is 1.82. The molecule has 2 N–H and O–H groups in total. The number of thiazole rings is 1. The first-order chi connectivity index (χ1) is 13.1. The number of hydrogen-bond donors (Lipinski definition) is 2. The molecule has 0 fully saturated rings. The molecule has 0 saturated carbocycles. The molecule has 0 aliphatic rings. The number of hydrogen-bond acceptors (Lipinski definition) is 7. The first kappa shape index (κ1) is 19.6. The summed E-state index contributed by atoms with van der Waals surface area (Å²) in [6.07, 6.45) is -4.44. The van der Waals surface area contributed by atoms with Crippen LogP contribution in [-0.4, -0.2) is 15.8 Å². The molecule has 6 nitrogen and oxygen atoms in total. The van der Waals surface area contributed by atoms with E-state index >= 15 is 0 Å². The number of aromatic nitrogens is 1. The smallest absolute Gasteiger partial charge is 0.416 e. The number of anilines is 1. The molecule has 0 radical (unpaired) electrons. The zero-order valence-electron chi connectivity index (χ0n) is 14.7. The minimum absolute atomic E-state index is 0.0900. The summed E-state index contributed by atoms with van der Waals surface area (Å²) in [5.41, 5.74) is 1.88. The van der Waals surface area contributed by atoms with Gasteiger partial charge in [-0.15, -0.1) is 11.3 Å². The Labute approximate surface area is 161 Å². The Kier molecular flexibility index (Phi) is 5.23. The molecular weight excluding hydrogens is 395 g/mol. The number of aromatic hydroxyl groups is 1. The van der Waals surface area contributed by atoms with Crippen molar-refractivity contribution in [2.75, 3.05) is 5.43 Å². The van der Waals surface area contributed by atoms with Gasteiger partial charge in [0.15, 0.2) is 0 Å². The second kappa shape index (κ2) is 7.47. The van der Waals surface area contributed by atoms with E-state index in [2.05, 4.69) is 15.5 Å². The van der Waals surface area contributed by atoms with Crippen molar-refractivity contribution in [3.05, 3.63) is 63.0 Å². The third-order valence-electron chi connectivity index (χ3n) is 3.72. The van der Waals surface area contributed by atoms with E-state index in [1.54, 1.807) is 5.38 Å². The first-order valence-electron chi connectivity index (χ1n) is 7.92. The van der Waals surface area contributed by atoms with Crippen molar-refractivity contribution in [2.24, 2.45) is 5.10 Å². The highest BCUT2D eigenvalue weighted by molar-refractivity contribution is 7.14. The largest absolute Gasteiger partial charge is 0.507 e. The van der Waals surface area contributed by atoms with Gasteiger partial charge in [0.2, 0.25) is 5.13 Å². The van der Waals surface area contributed by atoms with Crippen LogP contribution in [0.4, 0.5) is 18.3 Å². The molecule has 0 aliphatic carbocycles. The van der Waals surface area contributed by atoms with Crippen LogP contribution in [-0.2, 0) is 6.18 Å². The number of hydrazone groups is 1. The number of aryl methyl sites for hydroxylation is 1. The molecule has 3 rings (SSSR count). The van der Waals surface area contributed by atoms with Gasteiger partial charge in [-0.1, -0.05) is 12.1 Å². The van der Waals surface area contributed by atoms with Crippen molar-refractivity contribution in [3.8, 4) is 17.0 Å². The maximum Gasteiger partial charge on any atom is 0.416 e. The van der Waals surface area contributed by atoms with E-state index in [0.717, 1.165) is 23.5 Å². The molecule has 28 heavy (non-hydrogen) atoms. The van der Waals surface area contributed by atoms with Crippen LogP contribution < -0.4 is 11.1 Å². The molecule has 2 heterocycles. The van der Waals surface area contributed by atoms with Gasteiger partial charge in [-0.25, -0.2) is 9.78 Å². The van der Waals surface area contributed by atoms with E-state index in [4.69, 9.17) is 4.42 Å². The molecule has 0 atom stereocenters. The van der Waals surface area contributed by atoms with E-state index in [1.165, 1.54) is 32.0 Å². The van der Waals surface area contributed by atoms with Crippen molar-refractivity contribution >= 4 is 22.2 Å². The summed E-state index contributed by atoms with van der Waals surface area (Å²) in [5.74, 6) is -0.00162. The lowest BCUT2D eigenvalue weighted by Gasteiger charge is -2.07. The Morgan fingerprint density at radius 3 is 2.75 bits per heavy atom. The van der Waals surface area contributed by atoms with Crippen LogP contribution in [0.1, 0.15) is 23.8 Å². The SMILES string of the molecule is C/C(=N\Nc1nc(-c2cccc(C(F)(F)F)c2)cs1)c1c(O)cc(C)oc1=O. The summed E-state index contributed by atoms with van der Waals surface area (Å²) in [6, 6.07) is 6.14. The highest BCUT2D eigenvalue weighted by Gasteiger charge is 2.30. The Morgan fingerprint density at radius 1 is 1.32 bits per heavy atom. The molecule has 146 valence electrons. The zero-order chi connectivity index (χ0) is 20.5. The van der Waals surface area contributed by atoms with Gasteiger partial charge in [0.1, 0.15) is 17.1 Å². The van der Waals surface area contributed by atoms with E-state index in [0.29, 0.717) is 16.4 Å². The third kappa shape index (κ3) is 4.22. The van der Waals surface area contributed by atoms with E-state index < -0.39 is 17.4 Å².